The van der Waals surface area contributed by atoms with Gasteiger partial charge in [-0.25, -0.2) is 14.5 Å². The predicted molar refractivity (Wildman–Crippen MR) is 110 cm³/mol. The number of thioether (sulfide) groups is 1. The highest BCUT2D eigenvalue weighted by molar-refractivity contribution is 7.99. The van der Waals surface area contributed by atoms with E-state index in [-0.39, 0.29) is 17.1 Å². The molecular formula is C20H31NO5S. The number of imide groups is 1. The Hall–Kier alpha value is -2.02. The van der Waals surface area contributed by atoms with Crippen LogP contribution in [0.25, 0.3) is 0 Å². The number of carbonyl (C=O) groups excluding carboxylic acids is 1. The van der Waals surface area contributed by atoms with Gasteiger partial charge in [-0.15, -0.1) is 0 Å². The molecule has 27 heavy (non-hydrogen) atoms. The van der Waals surface area contributed by atoms with Crippen LogP contribution in [0.2, 0.25) is 0 Å². The second-order valence-corrected chi connectivity index (χ2v) is 7.72. The van der Waals surface area contributed by atoms with E-state index >= 15 is 0 Å². The molecule has 0 aromatic rings. The van der Waals surface area contributed by atoms with Gasteiger partial charge >= 0.3 is 12.1 Å². The monoisotopic (exact) mass is 397 g/mol. The number of hydrogen-bond acceptors (Lipinski definition) is 4. The summed E-state index contributed by atoms with van der Waals surface area (Å²) in [6, 6.07) is -1.37. The summed E-state index contributed by atoms with van der Waals surface area (Å²) in [6.07, 6.45) is 9.00. The highest BCUT2D eigenvalue weighted by atomic mass is 32.2. The van der Waals surface area contributed by atoms with E-state index in [2.05, 4.69) is 32.9 Å². The first kappa shape index (κ1) is 25.0. The zero-order valence-electron chi connectivity index (χ0n) is 16.6. The van der Waals surface area contributed by atoms with Gasteiger partial charge < -0.3 is 10.2 Å². The van der Waals surface area contributed by atoms with Crippen molar-refractivity contribution >= 4 is 30.2 Å². The Morgan fingerprint density at radius 2 is 1.52 bits per heavy atom. The van der Waals surface area contributed by atoms with Crippen LogP contribution < -0.4 is 0 Å². The van der Waals surface area contributed by atoms with E-state index in [9.17, 15) is 14.4 Å². The van der Waals surface area contributed by atoms with Gasteiger partial charge in [0.05, 0.1) is 0 Å². The van der Waals surface area contributed by atoms with Crippen molar-refractivity contribution in [3.63, 3.8) is 0 Å². The number of nitrogens with zero attached hydrogens (tertiary/aromatic N) is 1. The van der Waals surface area contributed by atoms with Crippen LogP contribution >= 0.6 is 11.8 Å². The Morgan fingerprint density at radius 3 is 2.00 bits per heavy atom. The number of carboxylic acid groups (broad SMARTS) is 2. The molecule has 0 heterocycles. The van der Waals surface area contributed by atoms with Crippen molar-refractivity contribution in [2.45, 2.75) is 59.4 Å². The van der Waals surface area contributed by atoms with Gasteiger partial charge in [0, 0.05) is 11.5 Å². The minimum absolute atomic E-state index is 0.0214. The smallest absolute Gasteiger partial charge is 0.414 e. The number of carboxylic acids is 1. The fraction of sp³-hybridized carbons (Fsp3) is 0.550. The summed E-state index contributed by atoms with van der Waals surface area (Å²) in [5.74, 6) is -0.731. The molecular weight excluding hydrogens is 366 g/mol. The summed E-state index contributed by atoms with van der Waals surface area (Å²) in [5, 5.41) is 18.0. The van der Waals surface area contributed by atoms with Crippen molar-refractivity contribution in [3.05, 3.63) is 34.9 Å². The van der Waals surface area contributed by atoms with Crippen LogP contribution in [0.3, 0.4) is 0 Å². The molecule has 1 atom stereocenters. The molecule has 0 bridgehead atoms. The predicted octanol–water partition coefficient (Wildman–Crippen LogP) is 4.73. The van der Waals surface area contributed by atoms with Crippen molar-refractivity contribution in [1.82, 2.24) is 4.90 Å². The molecule has 0 aromatic heterocycles. The van der Waals surface area contributed by atoms with Gasteiger partial charge in [0.15, 0.2) is 0 Å². The van der Waals surface area contributed by atoms with Crippen molar-refractivity contribution in [2.75, 3.05) is 11.5 Å². The zero-order chi connectivity index (χ0) is 20.8. The van der Waals surface area contributed by atoms with Crippen LogP contribution in [0.4, 0.5) is 4.79 Å². The first-order chi connectivity index (χ1) is 12.7. The zero-order valence-corrected chi connectivity index (χ0v) is 17.4. The Balaban J connectivity index is 4.31. The Labute approximate surface area is 166 Å². The Morgan fingerprint density at radius 1 is 0.963 bits per heavy atom. The highest BCUT2D eigenvalue weighted by Gasteiger charge is 2.29. The molecule has 0 rings (SSSR count). The van der Waals surface area contributed by atoms with Crippen LogP contribution in [0, 0.1) is 0 Å². The lowest BCUT2D eigenvalue weighted by Gasteiger charge is -2.19. The molecule has 0 aliphatic heterocycles. The largest absolute Gasteiger partial charge is 0.480 e. The summed E-state index contributed by atoms with van der Waals surface area (Å²) in [6.45, 7) is 8.36. The van der Waals surface area contributed by atoms with E-state index in [0.29, 0.717) is 5.75 Å². The minimum atomic E-state index is -1.56. The molecule has 0 fully saturated rings. The average Bonchev–Trinajstić information content (AvgIpc) is 2.56. The van der Waals surface area contributed by atoms with Crippen molar-refractivity contribution < 1.29 is 24.6 Å². The van der Waals surface area contributed by atoms with Crippen LogP contribution in [0.5, 0.6) is 0 Å². The van der Waals surface area contributed by atoms with Gasteiger partial charge in [0.2, 0.25) is 6.41 Å². The normalized spacial score (nSPS) is 13.0. The van der Waals surface area contributed by atoms with E-state index in [1.165, 1.54) is 28.5 Å². The SMILES string of the molecule is CC(C)=CCCC(C)=CCCC(C)=CCSCC(C(=O)O)N(C=O)C(=O)O. The minimum Gasteiger partial charge on any atom is -0.480 e. The van der Waals surface area contributed by atoms with E-state index in [0.717, 1.165) is 25.7 Å². The van der Waals surface area contributed by atoms with E-state index in [4.69, 9.17) is 10.2 Å². The number of hydrogen-bond donors (Lipinski definition) is 2. The molecule has 0 aromatic carbocycles. The highest BCUT2D eigenvalue weighted by Crippen LogP contribution is 2.14. The molecule has 0 saturated heterocycles. The molecule has 152 valence electrons. The number of amides is 2. The lowest BCUT2D eigenvalue weighted by Crippen LogP contribution is -2.45. The quantitative estimate of drug-likeness (QED) is 0.265. The van der Waals surface area contributed by atoms with E-state index in [1.54, 1.807) is 0 Å². The lowest BCUT2D eigenvalue weighted by atomic mass is 10.1. The topological polar surface area (TPSA) is 94.9 Å². The molecule has 0 radical (unpaired) electrons. The summed E-state index contributed by atoms with van der Waals surface area (Å²) >= 11 is 1.29. The third kappa shape index (κ3) is 12.1. The van der Waals surface area contributed by atoms with Gasteiger partial charge in [-0.2, -0.15) is 11.8 Å². The van der Waals surface area contributed by atoms with E-state index < -0.39 is 18.1 Å². The van der Waals surface area contributed by atoms with Crippen LogP contribution in [-0.4, -0.2) is 51.1 Å². The third-order valence-electron chi connectivity index (χ3n) is 3.90. The molecule has 0 aliphatic carbocycles. The molecule has 1 unspecified atom stereocenters. The summed E-state index contributed by atoms with van der Waals surface area (Å²) in [5.41, 5.74) is 3.92. The fourth-order valence-corrected chi connectivity index (χ4v) is 3.31. The van der Waals surface area contributed by atoms with Crippen molar-refractivity contribution in [1.29, 1.82) is 0 Å². The van der Waals surface area contributed by atoms with Crippen LogP contribution in [0.1, 0.15) is 53.4 Å². The van der Waals surface area contributed by atoms with E-state index in [1.807, 2.05) is 13.0 Å². The molecule has 7 heteroatoms. The molecule has 2 N–H and O–H groups in total. The molecule has 0 spiro atoms. The van der Waals surface area contributed by atoms with Gasteiger partial charge in [-0.1, -0.05) is 34.9 Å². The average molecular weight is 398 g/mol. The second kappa shape index (κ2) is 14.1. The molecule has 0 aliphatic rings. The van der Waals surface area contributed by atoms with Gasteiger partial charge in [0.1, 0.15) is 6.04 Å². The number of rotatable bonds is 13. The first-order valence-electron chi connectivity index (χ1n) is 8.90. The molecule has 0 saturated carbocycles. The summed E-state index contributed by atoms with van der Waals surface area (Å²) in [7, 11) is 0. The van der Waals surface area contributed by atoms with Crippen molar-refractivity contribution in [2.24, 2.45) is 0 Å². The maximum atomic E-state index is 11.1. The maximum absolute atomic E-state index is 11.1. The van der Waals surface area contributed by atoms with Gasteiger partial charge in [-0.3, -0.25) is 4.79 Å². The fourth-order valence-electron chi connectivity index (χ4n) is 2.24. The second-order valence-electron chi connectivity index (χ2n) is 6.65. The first-order valence-corrected chi connectivity index (χ1v) is 10.1. The number of aliphatic carboxylic acids is 1. The Kier molecular flexibility index (Phi) is 13.0. The number of allylic oxidation sites excluding steroid dienone is 5. The summed E-state index contributed by atoms with van der Waals surface area (Å²) in [4.78, 5) is 33.1. The Bertz CT molecular complexity index is 591. The maximum Gasteiger partial charge on any atom is 0.414 e. The van der Waals surface area contributed by atoms with Gasteiger partial charge in [-0.05, 0) is 53.4 Å². The lowest BCUT2D eigenvalue weighted by molar-refractivity contribution is -0.144. The molecule has 6 nitrogen and oxygen atoms in total. The van der Waals surface area contributed by atoms with Crippen LogP contribution in [-0.2, 0) is 9.59 Å². The summed E-state index contributed by atoms with van der Waals surface area (Å²) < 4.78 is 0. The number of carbonyl (C=O) groups is 3. The van der Waals surface area contributed by atoms with Crippen molar-refractivity contribution in [3.8, 4) is 0 Å². The third-order valence-corrected chi connectivity index (χ3v) is 4.86. The molecule has 2 amide bonds. The van der Waals surface area contributed by atoms with Crippen LogP contribution in [0.15, 0.2) is 34.9 Å². The standard InChI is InChI=1S/C20H31NO5S/c1-15(2)7-5-8-16(3)9-6-10-17(4)11-12-27-13-18(19(23)24)21(14-22)20(25)26/h7,9,11,14,18H,5-6,8,10,12-13H2,1-4H3,(H,23,24)(H,25,26). The van der Waals surface area contributed by atoms with Gasteiger partial charge in [0.25, 0.3) is 0 Å².